The van der Waals surface area contributed by atoms with Crippen LogP contribution in [0.2, 0.25) is 0 Å². The molecular weight excluding hydrogens is 268 g/mol. The molecule has 21 heavy (non-hydrogen) atoms. The third-order valence-corrected chi connectivity index (χ3v) is 4.88. The number of aromatic nitrogens is 2. The van der Waals surface area contributed by atoms with Crippen molar-refractivity contribution in [1.82, 2.24) is 20.4 Å². The van der Waals surface area contributed by atoms with Gasteiger partial charge in [0, 0.05) is 13.1 Å². The molecular formula is C15H24N4O2. The van der Waals surface area contributed by atoms with Gasteiger partial charge >= 0.3 is 0 Å². The Morgan fingerprint density at radius 1 is 1.29 bits per heavy atom. The van der Waals surface area contributed by atoms with Gasteiger partial charge in [-0.2, -0.15) is 4.98 Å². The molecule has 1 saturated carbocycles. The Hall–Kier alpha value is -1.43. The van der Waals surface area contributed by atoms with Gasteiger partial charge in [0.1, 0.15) is 0 Å². The van der Waals surface area contributed by atoms with Crippen molar-refractivity contribution in [3.05, 3.63) is 11.7 Å². The summed E-state index contributed by atoms with van der Waals surface area (Å²) in [5.74, 6) is 1.15. The first-order valence-corrected chi connectivity index (χ1v) is 8.01. The van der Waals surface area contributed by atoms with Crippen molar-refractivity contribution < 1.29 is 9.32 Å². The van der Waals surface area contributed by atoms with Crippen molar-refractivity contribution in [3.8, 4) is 0 Å². The lowest BCUT2D eigenvalue weighted by Gasteiger charge is -2.35. The lowest BCUT2D eigenvalue weighted by atomic mass is 9.85. The number of rotatable bonds is 3. The van der Waals surface area contributed by atoms with Gasteiger partial charge in [0.05, 0.1) is 6.04 Å². The van der Waals surface area contributed by atoms with Crippen LogP contribution in [0.3, 0.4) is 0 Å². The van der Waals surface area contributed by atoms with Crippen LogP contribution in [0.4, 0.5) is 0 Å². The fourth-order valence-corrected chi connectivity index (χ4v) is 3.54. The quantitative estimate of drug-likeness (QED) is 0.924. The highest BCUT2D eigenvalue weighted by Crippen LogP contribution is 2.28. The first-order valence-electron chi connectivity index (χ1n) is 8.01. The van der Waals surface area contributed by atoms with Crippen molar-refractivity contribution in [2.24, 2.45) is 5.92 Å². The number of hydrogen-bond acceptors (Lipinski definition) is 5. The SMILES string of the molecule is CC1CCCCC1N(C)C(=O)c1noc(C2CCCN2)n1. The Bertz CT molecular complexity index is 496. The Labute approximate surface area is 125 Å². The molecule has 1 aliphatic carbocycles. The average Bonchev–Trinajstić information content (AvgIpc) is 3.17. The summed E-state index contributed by atoms with van der Waals surface area (Å²) in [4.78, 5) is 18.6. The molecule has 0 spiro atoms. The number of carbonyl (C=O) groups excluding carboxylic acids is 1. The maximum Gasteiger partial charge on any atom is 0.295 e. The van der Waals surface area contributed by atoms with Gasteiger partial charge in [0.15, 0.2) is 0 Å². The molecule has 1 amide bonds. The summed E-state index contributed by atoms with van der Waals surface area (Å²) in [6.45, 7) is 3.19. The monoisotopic (exact) mass is 292 g/mol. The van der Waals surface area contributed by atoms with E-state index in [4.69, 9.17) is 4.52 Å². The van der Waals surface area contributed by atoms with Gasteiger partial charge in [-0.1, -0.05) is 24.9 Å². The molecule has 1 N–H and O–H groups in total. The van der Waals surface area contributed by atoms with E-state index in [1.54, 1.807) is 4.90 Å². The zero-order valence-electron chi connectivity index (χ0n) is 12.8. The average molecular weight is 292 g/mol. The molecule has 1 saturated heterocycles. The molecule has 1 aliphatic heterocycles. The minimum atomic E-state index is -0.123. The number of carbonyl (C=O) groups is 1. The third kappa shape index (κ3) is 2.95. The fraction of sp³-hybridized carbons (Fsp3) is 0.800. The second-order valence-electron chi connectivity index (χ2n) is 6.35. The highest BCUT2D eigenvalue weighted by molar-refractivity contribution is 5.90. The molecule has 3 rings (SSSR count). The Morgan fingerprint density at radius 2 is 2.10 bits per heavy atom. The van der Waals surface area contributed by atoms with E-state index >= 15 is 0 Å². The standard InChI is InChI=1S/C15H24N4O2/c1-10-6-3-4-8-12(10)19(2)15(20)13-17-14(21-18-13)11-7-5-9-16-11/h10-12,16H,3-9H2,1-2H3. The lowest BCUT2D eigenvalue weighted by Crippen LogP contribution is -2.43. The van der Waals surface area contributed by atoms with Crippen LogP contribution in [0.5, 0.6) is 0 Å². The van der Waals surface area contributed by atoms with Crippen LogP contribution in [0.1, 0.15) is 68.0 Å². The van der Waals surface area contributed by atoms with E-state index in [9.17, 15) is 4.79 Å². The summed E-state index contributed by atoms with van der Waals surface area (Å²) in [5.41, 5.74) is 0. The predicted molar refractivity (Wildman–Crippen MR) is 77.8 cm³/mol. The number of nitrogens with zero attached hydrogens (tertiary/aromatic N) is 3. The molecule has 116 valence electrons. The number of amides is 1. The van der Waals surface area contributed by atoms with Crippen molar-refractivity contribution in [2.75, 3.05) is 13.6 Å². The van der Waals surface area contributed by atoms with E-state index in [1.165, 1.54) is 19.3 Å². The first-order chi connectivity index (χ1) is 10.2. The smallest absolute Gasteiger partial charge is 0.295 e. The fourth-order valence-electron chi connectivity index (χ4n) is 3.54. The Kier molecular flexibility index (Phi) is 4.24. The highest BCUT2D eigenvalue weighted by atomic mass is 16.5. The molecule has 2 fully saturated rings. The van der Waals surface area contributed by atoms with Crippen LogP contribution in [0.15, 0.2) is 4.52 Å². The van der Waals surface area contributed by atoms with Crippen molar-refractivity contribution in [2.45, 2.75) is 57.5 Å². The van der Waals surface area contributed by atoms with Crippen LogP contribution >= 0.6 is 0 Å². The summed E-state index contributed by atoms with van der Waals surface area (Å²) in [6, 6.07) is 0.399. The van der Waals surface area contributed by atoms with Crippen LogP contribution < -0.4 is 5.32 Å². The molecule has 2 aliphatic rings. The molecule has 1 aromatic rings. The summed E-state index contributed by atoms with van der Waals surface area (Å²) >= 11 is 0. The highest BCUT2D eigenvalue weighted by Gasteiger charge is 2.31. The van der Waals surface area contributed by atoms with E-state index in [2.05, 4.69) is 22.4 Å². The van der Waals surface area contributed by atoms with Gasteiger partial charge in [0.2, 0.25) is 5.89 Å². The molecule has 0 bridgehead atoms. The van der Waals surface area contributed by atoms with Crippen molar-refractivity contribution in [1.29, 1.82) is 0 Å². The molecule has 3 unspecified atom stereocenters. The van der Waals surface area contributed by atoms with Crippen molar-refractivity contribution in [3.63, 3.8) is 0 Å². The maximum absolute atomic E-state index is 12.5. The second kappa shape index (κ2) is 6.13. The van der Waals surface area contributed by atoms with E-state index in [0.29, 0.717) is 11.8 Å². The predicted octanol–water partition coefficient (Wildman–Crippen LogP) is 2.14. The molecule has 3 atom stereocenters. The third-order valence-electron chi connectivity index (χ3n) is 4.88. The Balaban J connectivity index is 1.69. The van der Waals surface area contributed by atoms with Gasteiger partial charge in [-0.25, -0.2) is 0 Å². The van der Waals surface area contributed by atoms with Crippen LogP contribution in [0.25, 0.3) is 0 Å². The van der Waals surface area contributed by atoms with Crippen LogP contribution in [-0.2, 0) is 0 Å². The summed E-state index contributed by atoms with van der Waals surface area (Å²) in [6.07, 6.45) is 6.81. The van der Waals surface area contributed by atoms with E-state index in [1.807, 2.05) is 7.05 Å². The van der Waals surface area contributed by atoms with Crippen LogP contribution in [-0.4, -0.2) is 40.6 Å². The lowest BCUT2D eigenvalue weighted by molar-refractivity contribution is 0.0613. The van der Waals surface area contributed by atoms with Gasteiger partial charge < -0.3 is 14.7 Å². The van der Waals surface area contributed by atoms with Gasteiger partial charge in [-0.15, -0.1) is 0 Å². The summed E-state index contributed by atoms with van der Waals surface area (Å²) < 4.78 is 5.26. The summed E-state index contributed by atoms with van der Waals surface area (Å²) in [7, 11) is 1.86. The van der Waals surface area contributed by atoms with Crippen molar-refractivity contribution >= 4 is 5.91 Å². The molecule has 1 aromatic heterocycles. The van der Waals surface area contributed by atoms with E-state index < -0.39 is 0 Å². The van der Waals surface area contributed by atoms with Crippen LogP contribution in [0, 0.1) is 5.92 Å². The molecule has 0 aromatic carbocycles. The normalized spacial score (nSPS) is 29.5. The first kappa shape index (κ1) is 14.5. The number of hydrogen-bond donors (Lipinski definition) is 1. The minimum absolute atomic E-state index is 0.109. The number of nitrogens with one attached hydrogen (secondary N) is 1. The maximum atomic E-state index is 12.5. The Morgan fingerprint density at radius 3 is 2.81 bits per heavy atom. The summed E-state index contributed by atoms with van der Waals surface area (Å²) in [5, 5.41) is 7.19. The van der Waals surface area contributed by atoms with E-state index in [0.717, 1.165) is 25.8 Å². The largest absolute Gasteiger partial charge is 0.337 e. The zero-order valence-corrected chi connectivity index (χ0v) is 12.8. The molecule has 2 heterocycles. The molecule has 6 heteroatoms. The minimum Gasteiger partial charge on any atom is -0.337 e. The topological polar surface area (TPSA) is 71.3 Å². The zero-order chi connectivity index (χ0) is 14.8. The molecule has 0 radical (unpaired) electrons. The van der Waals surface area contributed by atoms with Gasteiger partial charge in [-0.05, 0) is 38.1 Å². The van der Waals surface area contributed by atoms with Gasteiger partial charge in [0.25, 0.3) is 11.7 Å². The van der Waals surface area contributed by atoms with E-state index in [-0.39, 0.29) is 23.8 Å². The van der Waals surface area contributed by atoms with Gasteiger partial charge in [-0.3, -0.25) is 4.79 Å². The second-order valence-corrected chi connectivity index (χ2v) is 6.35. The molecule has 6 nitrogen and oxygen atoms in total.